The van der Waals surface area contributed by atoms with Crippen molar-refractivity contribution in [3.8, 4) is 0 Å². The largest absolute Gasteiger partial charge is 0.468 e. The van der Waals surface area contributed by atoms with Gasteiger partial charge in [0.2, 0.25) is 0 Å². The van der Waals surface area contributed by atoms with Gasteiger partial charge in [-0.2, -0.15) is 0 Å². The SMILES string of the molecule is C=CCCCCCCCCC(=O)OCC(C)(C)C(C)NC(C)C(=O)OC. The zero-order valence-electron chi connectivity index (χ0n) is 17.4. The lowest BCUT2D eigenvalue weighted by Crippen LogP contribution is -2.49. The number of unbranched alkanes of at least 4 members (excludes halogenated alkanes) is 6. The van der Waals surface area contributed by atoms with E-state index < -0.39 is 6.04 Å². The van der Waals surface area contributed by atoms with E-state index in [1.165, 1.54) is 32.8 Å². The molecule has 0 aromatic heterocycles. The predicted molar refractivity (Wildman–Crippen MR) is 106 cm³/mol. The molecule has 0 aromatic rings. The number of allylic oxidation sites excluding steroid dienone is 1. The van der Waals surface area contributed by atoms with Crippen molar-refractivity contribution in [2.45, 2.75) is 91.1 Å². The van der Waals surface area contributed by atoms with Crippen molar-refractivity contribution in [3.05, 3.63) is 12.7 Å². The molecule has 0 saturated carbocycles. The summed E-state index contributed by atoms with van der Waals surface area (Å²) in [5.41, 5.74) is -0.275. The molecule has 1 N–H and O–H groups in total. The number of hydrogen-bond acceptors (Lipinski definition) is 5. The fourth-order valence-electron chi connectivity index (χ4n) is 2.57. The highest BCUT2D eigenvalue weighted by Gasteiger charge is 2.30. The molecule has 0 rings (SSSR count). The monoisotopic (exact) mass is 369 g/mol. The van der Waals surface area contributed by atoms with Gasteiger partial charge in [0, 0.05) is 17.9 Å². The number of ether oxygens (including phenoxy) is 2. The minimum absolute atomic E-state index is 0.0000318. The fraction of sp³-hybridized carbons (Fsp3) is 0.810. The van der Waals surface area contributed by atoms with E-state index in [1.807, 2.05) is 26.8 Å². The molecule has 0 spiro atoms. The Hall–Kier alpha value is -1.36. The molecule has 0 aliphatic rings. The van der Waals surface area contributed by atoms with Crippen LogP contribution in [0.25, 0.3) is 0 Å². The molecule has 0 aliphatic heterocycles. The second kappa shape index (κ2) is 13.8. The highest BCUT2D eigenvalue weighted by atomic mass is 16.5. The molecule has 5 nitrogen and oxygen atoms in total. The van der Waals surface area contributed by atoms with Gasteiger partial charge >= 0.3 is 11.9 Å². The van der Waals surface area contributed by atoms with Crippen LogP contribution in [0.5, 0.6) is 0 Å². The number of hydrogen-bond donors (Lipinski definition) is 1. The molecule has 0 aromatic carbocycles. The van der Waals surface area contributed by atoms with Gasteiger partial charge in [0.1, 0.15) is 6.04 Å². The van der Waals surface area contributed by atoms with E-state index in [9.17, 15) is 9.59 Å². The minimum Gasteiger partial charge on any atom is -0.468 e. The maximum Gasteiger partial charge on any atom is 0.322 e. The molecule has 0 radical (unpaired) electrons. The van der Waals surface area contributed by atoms with Crippen LogP contribution in [0.2, 0.25) is 0 Å². The van der Waals surface area contributed by atoms with Crippen LogP contribution in [0.4, 0.5) is 0 Å². The van der Waals surface area contributed by atoms with E-state index in [2.05, 4.69) is 11.9 Å². The minimum atomic E-state index is -0.392. The standard InChI is InChI=1S/C21H39NO4/c1-7-8-9-10-11-12-13-14-15-19(23)26-16-21(4,5)18(3)22-17(2)20(24)25-6/h7,17-18,22H,1,8-16H2,2-6H3. The Morgan fingerprint density at radius 1 is 1.08 bits per heavy atom. The zero-order valence-corrected chi connectivity index (χ0v) is 17.4. The molecule has 152 valence electrons. The van der Waals surface area contributed by atoms with Gasteiger partial charge < -0.3 is 14.8 Å². The molecule has 0 fully saturated rings. The van der Waals surface area contributed by atoms with Crippen LogP contribution in [0.1, 0.15) is 79.1 Å². The van der Waals surface area contributed by atoms with Gasteiger partial charge in [0.25, 0.3) is 0 Å². The Morgan fingerprint density at radius 2 is 1.65 bits per heavy atom. The molecular weight excluding hydrogens is 330 g/mol. The van der Waals surface area contributed by atoms with Crippen LogP contribution in [0, 0.1) is 5.41 Å². The van der Waals surface area contributed by atoms with Gasteiger partial charge in [-0.3, -0.25) is 9.59 Å². The first-order chi connectivity index (χ1) is 12.2. The van der Waals surface area contributed by atoms with Gasteiger partial charge in [-0.1, -0.05) is 45.6 Å². The Morgan fingerprint density at radius 3 is 2.23 bits per heavy atom. The summed E-state index contributed by atoms with van der Waals surface area (Å²) in [5, 5.41) is 3.20. The van der Waals surface area contributed by atoms with E-state index in [4.69, 9.17) is 9.47 Å². The summed E-state index contributed by atoms with van der Waals surface area (Å²) in [7, 11) is 1.37. The van der Waals surface area contributed by atoms with Crippen LogP contribution < -0.4 is 5.32 Å². The summed E-state index contributed by atoms with van der Waals surface area (Å²) in [6.07, 6.45) is 10.3. The first-order valence-electron chi connectivity index (χ1n) is 9.85. The Labute approximate surface area is 159 Å². The summed E-state index contributed by atoms with van der Waals surface area (Å²) in [5.74, 6) is -0.438. The van der Waals surface area contributed by atoms with Crippen LogP contribution in [0.3, 0.4) is 0 Å². The highest BCUT2D eigenvalue weighted by molar-refractivity contribution is 5.75. The van der Waals surface area contributed by atoms with Crippen LogP contribution >= 0.6 is 0 Å². The van der Waals surface area contributed by atoms with Gasteiger partial charge in [-0.05, 0) is 33.1 Å². The van der Waals surface area contributed by atoms with E-state index in [0.29, 0.717) is 13.0 Å². The molecule has 5 heteroatoms. The fourth-order valence-corrected chi connectivity index (χ4v) is 2.57. The van der Waals surface area contributed by atoms with E-state index >= 15 is 0 Å². The summed E-state index contributed by atoms with van der Waals surface area (Å²) < 4.78 is 10.2. The molecule has 0 saturated heterocycles. The normalized spacial score (nSPS) is 13.7. The van der Waals surface area contributed by atoms with Crippen molar-refractivity contribution < 1.29 is 19.1 Å². The Balaban J connectivity index is 3.94. The van der Waals surface area contributed by atoms with E-state index in [0.717, 1.165) is 19.3 Å². The van der Waals surface area contributed by atoms with E-state index in [-0.39, 0.29) is 23.4 Å². The van der Waals surface area contributed by atoms with Crippen molar-refractivity contribution >= 4 is 11.9 Å². The van der Waals surface area contributed by atoms with Crippen molar-refractivity contribution in [2.24, 2.45) is 5.41 Å². The Bertz CT molecular complexity index is 420. The first-order valence-corrected chi connectivity index (χ1v) is 9.85. The summed E-state index contributed by atoms with van der Waals surface area (Å²) in [6, 6.07) is -0.392. The molecule has 2 atom stereocenters. The lowest BCUT2D eigenvalue weighted by atomic mass is 9.86. The second-order valence-electron chi connectivity index (χ2n) is 7.73. The first kappa shape index (κ1) is 24.6. The van der Waals surface area contributed by atoms with Crippen molar-refractivity contribution in [2.75, 3.05) is 13.7 Å². The average Bonchev–Trinajstić information content (AvgIpc) is 2.61. The third kappa shape index (κ3) is 11.3. The van der Waals surface area contributed by atoms with Crippen LogP contribution in [-0.4, -0.2) is 37.7 Å². The third-order valence-corrected chi connectivity index (χ3v) is 4.87. The number of carbonyl (C=O) groups excluding carboxylic acids is 2. The lowest BCUT2D eigenvalue weighted by molar-refractivity contribution is -0.148. The number of esters is 2. The van der Waals surface area contributed by atoms with Gasteiger partial charge in [-0.15, -0.1) is 6.58 Å². The number of rotatable bonds is 15. The van der Waals surface area contributed by atoms with Gasteiger partial charge in [0.05, 0.1) is 13.7 Å². The quantitative estimate of drug-likeness (QED) is 0.263. The van der Waals surface area contributed by atoms with Crippen molar-refractivity contribution in [3.63, 3.8) is 0 Å². The Kier molecular flexibility index (Phi) is 13.1. The topological polar surface area (TPSA) is 64.6 Å². The maximum absolute atomic E-state index is 11.9. The molecule has 0 amide bonds. The molecule has 0 heterocycles. The molecule has 2 unspecified atom stereocenters. The summed E-state index contributed by atoms with van der Waals surface area (Å²) in [4.78, 5) is 23.4. The number of carbonyl (C=O) groups is 2. The third-order valence-electron chi connectivity index (χ3n) is 4.87. The predicted octanol–water partition coefficient (Wildman–Crippen LogP) is 4.40. The van der Waals surface area contributed by atoms with Crippen LogP contribution in [-0.2, 0) is 19.1 Å². The zero-order chi connectivity index (χ0) is 20.0. The molecule has 0 bridgehead atoms. The van der Waals surface area contributed by atoms with Crippen molar-refractivity contribution in [1.29, 1.82) is 0 Å². The lowest BCUT2D eigenvalue weighted by Gasteiger charge is -2.33. The average molecular weight is 370 g/mol. The highest BCUT2D eigenvalue weighted by Crippen LogP contribution is 2.22. The summed E-state index contributed by atoms with van der Waals surface area (Å²) in [6.45, 7) is 11.8. The smallest absolute Gasteiger partial charge is 0.322 e. The summed E-state index contributed by atoms with van der Waals surface area (Å²) >= 11 is 0. The number of methoxy groups -OCH3 is 1. The maximum atomic E-state index is 11.9. The molecular formula is C21H39NO4. The molecule has 0 aliphatic carbocycles. The van der Waals surface area contributed by atoms with Gasteiger partial charge in [0.15, 0.2) is 0 Å². The van der Waals surface area contributed by atoms with Crippen molar-refractivity contribution in [1.82, 2.24) is 5.32 Å². The van der Waals surface area contributed by atoms with E-state index in [1.54, 1.807) is 6.92 Å². The van der Waals surface area contributed by atoms with Crippen LogP contribution in [0.15, 0.2) is 12.7 Å². The molecule has 26 heavy (non-hydrogen) atoms. The number of nitrogens with one attached hydrogen (secondary N) is 1. The van der Waals surface area contributed by atoms with Gasteiger partial charge in [-0.25, -0.2) is 0 Å². The second-order valence-corrected chi connectivity index (χ2v) is 7.73.